The van der Waals surface area contributed by atoms with E-state index in [4.69, 9.17) is 0 Å². The topological polar surface area (TPSA) is 61.4 Å². The van der Waals surface area contributed by atoms with Gasteiger partial charge in [0.25, 0.3) is 0 Å². The number of aliphatic hydroxyl groups excluding tert-OH is 1. The van der Waals surface area contributed by atoms with Gasteiger partial charge < -0.3 is 15.7 Å². The fourth-order valence-electron chi connectivity index (χ4n) is 4.03. The van der Waals surface area contributed by atoms with E-state index in [9.17, 15) is 9.90 Å². The molecule has 1 aliphatic heterocycles. The van der Waals surface area contributed by atoms with Crippen molar-refractivity contribution in [3.8, 4) is 0 Å². The Labute approximate surface area is 109 Å². The highest BCUT2D eigenvalue weighted by Crippen LogP contribution is 2.37. The highest BCUT2D eigenvalue weighted by Gasteiger charge is 2.43. The molecule has 1 heterocycles. The molecular formula is C14H24N2O2. The minimum atomic E-state index is -0.344. The molecule has 3 fully saturated rings. The van der Waals surface area contributed by atoms with Gasteiger partial charge in [0.05, 0.1) is 18.2 Å². The molecule has 4 heteroatoms. The van der Waals surface area contributed by atoms with E-state index in [1.807, 2.05) is 0 Å². The molecule has 18 heavy (non-hydrogen) atoms. The van der Waals surface area contributed by atoms with Gasteiger partial charge in [0.2, 0.25) is 5.91 Å². The SMILES string of the molecule is O=C(N[C@H]1CCCC[C@@H]1O)C1NCC2CCCC21. The molecule has 0 aromatic heterocycles. The summed E-state index contributed by atoms with van der Waals surface area (Å²) in [6.45, 7) is 0.996. The summed E-state index contributed by atoms with van der Waals surface area (Å²) < 4.78 is 0. The van der Waals surface area contributed by atoms with Crippen molar-refractivity contribution in [1.82, 2.24) is 10.6 Å². The van der Waals surface area contributed by atoms with Crippen LogP contribution in [0, 0.1) is 11.8 Å². The molecule has 0 spiro atoms. The van der Waals surface area contributed by atoms with Gasteiger partial charge in [-0.25, -0.2) is 0 Å². The molecule has 1 saturated heterocycles. The number of hydrogen-bond acceptors (Lipinski definition) is 3. The standard InChI is InChI=1S/C14H24N2O2/c17-12-7-2-1-6-11(12)16-14(18)13-10-5-3-4-9(10)8-15-13/h9-13,15,17H,1-8H2,(H,16,18)/t9?,10?,11-,12-,13?/m0/s1. The van der Waals surface area contributed by atoms with E-state index < -0.39 is 0 Å². The predicted molar refractivity (Wildman–Crippen MR) is 69.0 cm³/mol. The first-order valence-corrected chi connectivity index (χ1v) is 7.47. The van der Waals surface area contributed by atoms with Crippen LogP contribution in [0.4, 0.5) is 0 Å². The molecule has 3 rings (SSSR count). The Hall–Kier alpha value is -0.610. The molecule has 0 aromatic carbocycles. The Morgan fingerprint density at radius 3 is 2.78 bits per heavy atom. The van der Waals surface area contributed by atoms with E-state index in [1.165, 1.54) is 19.3 Å². The molecule has 0 bridgehead atoms. The monoisotopic (exact) mass is 252 g/mol. The Balaban J connectivity index is 1.57. The predicted octanol–water partition coefficient (Wildman–Crippen LogP) is 0.794. The number of fused-ring (bicyclic) bond motifs is 1. The second-order valence-corrected chi connectivity index (χ2v) is 6.21. The van der Waals surface area contributed by atoms with Gasteiger partial charge in [0.1, 0.15) is 0 Å². The molecule has 4 nitrogen and oxygen atoms in total. The Kier molecular flexibility index (Phi) is 3.57. The minimum Gasteiger partial charge on any atom is -0.391 e. The first-order valence-electron chi connectivity index (χ1n) is 7.47. The van der Waals surface area contributed by atoms with Crippen molar-refractivity contribution in [2.75, 3.05) is 6.54 Å². The summed E-state index contributed by atoms with van der Waals surface area (Å²) in [5.41, 5.74) is 0. The largest absolute Gasteiger partial charge is 0.391 e. The van der Waals surface area contributed by atoms with E-state index in [2.05, 4.69) is 10.6 Å². The van der Waals surface area contributed by atoms with Crippen LogP contribution in [0.2, 0.25) is 0 Å². The number of carbonyl (C=O) groups excluding carboxylic acids is 1. The van der Waals surface area contributed by atoms with E-state index in [-0.39, 0.29) is 24.1 Å². The molecule has 3 aliphatic rings. The van der Waals surface area contributed by atoms with Crippen molar-refractivity contribution in [3.63, 3.8) is 0 Å². The van der Waals surface area contributed by atoms with E-state index in [0.29, 0.717) is 11.8 Å². The summed E-state index contributed by atoms with van der Waals surface area (Å²) in [4.78, 5) is 12.3. The van der Waals surface area contributed by atoms with Crippen LogP contribution >= 0.6 is 0 Å². The number of carbonyl (C=O) groups is 1. The fraction of sp³-hybridized carbons (Fsp3) is 0.929. The van der Waals surface area contributed by atoms with Crippen molar-refractivity contribution in [2.45, 2.75) is 63.1 Å². The van der Waals surface area contributed by atoms with Crippen molar-refractivity contribution < 1.29 is 9.90 Å². The maximum atomic E-state index is 12.3. The Morgan fingerprint density at radius 2 is 1.94 bits per heavy atom. The van der Waals surface area contributed by atoms with Crippen LogP contribution < -0.4 is 10.6 Å². The fourth-order valence-corrected chi connectivity index (χ4v) is 4.03. The first kappa shape index (κ1) is 12.4. The van der Waals surface area contributed by atoms with Crippen molar-refractivity contribution in [1.29, 1.82) is 0 Å². The van der Waals surface area contributed by atoms with E-state index in [0.717, 1.165) is 32.2 Å². The summed E-state index contributed by atoms with van der Waals surface area (Å²) in [5.74, 6) is 1.36. The summed E-state index contributed by atoms with van der Waals surface area (Å²) in [5, 5.41) is 16.4. The maximum Gasteiger partial charge on any atom is 0.237 e. The number of aliphatic hydroxyl groups is 1. The molecule has 1 amide bonds. The third-order valence-corrected chi connectivity index (χ3v) is 5.09. The van der Waals surface area contributed by atoms with Gasteiger partial charge in [-0.3, -0.25) is 4.79 Å². The molecular weight excluding hydrogens is 228 g/mol. The quantitative estimate of drug-likeness (QED) is 0.681. The van der Waals surface area contributed by atoms with Crippen molar-refractivity contribution in [2.24, 2.45) is 11.8 Å². The van der Waals surface area contributed by atoms with Gasteiger partial charge >= 0.3 is 0 Å². The smallest absolute Gasteiger partial charge is 0.237 e. The maximum absolute atomic E-state index is 12.3. The average molecular weight is 252 g/mol. The lowest BCUT2D eigenvalue weighted by atomic mass is 9.90. The zero-order valence-electron chi connectivity index (χ0n) is 10.9. The molecule has 3 unspecified atom stereocenters. The van der Waals surface area contributed by atoms with Crippen LogP contribution in [0.15, 0.2) is 0 Å². The summed E-state index contributed by atoms with van der Waals surface area (Å²) in [6, 6.07) is -0.0277. The summed E-state index contributed by atoms with van der Waals surface area (Å²) in [7, 11) is 0. The molecule has 0 radical (unpaired) electrons. The molecule has 3 N–H and O–H groups in total. The molecule has 2 saturated carbocycles. The van der Waals surface area contributed by atoms with Crippen LogP contribution in [0.5, 0.6) is 0 Å². The second-order valence-electron chi connectivity index (χ2n) is 6.21. The third kappa shape index (κ3) is 2.28. The molecule has 102 valence electrons. The van der Waals surface area contributed by atoms with Gasteiger partial charge in [-0.05, 0) is 44.1 Å². The van der Waals surface area contributed by atoms with Gasteiger partial charge in [-0.15, -0.1) is 0 Å². The van der Waals surface area contributed by atoms with Crippen molar-refractivity contribution >= 4 is 5.91 Å². The number of rotatable bonds is 2. The Bertz CT molecular complexity index is 321. The summed E-state index contributed by atoms with van der Waals surface area (Å²) >= 11 is 0. The van der Waals surface area contributed by atoms with Crippen LogP contribution in [-0.4, -0.2) is 35.7 Å². The minimum absolute atomic E-state index is 0.00775. The van der Waals surface area contributed by atoms with Crippen LogP contribution in [-0.2, 0) is 4.79 Å². The highest BCUT2D eigenvalue weighted by molar-refractivity contribution is 5.83. The van der Waals surface area contributed by atoms with E-state index >= 15 is 0 Å². The molecule has 5 atom stereocenters. The van der Waals surface area contributed by atoms with E-state index in [1.54, 1.807) is 0 Å². The highest BCUT2D eigenvalue weighted by atomic mass is 16.3. The first-order chi connectivity index (χ1) is 8.75. The number of amides is 1. The molecule has 2 aliphatic carbocycles. The van der Waals surface area contributed by atoms with Crippen molar-refractivity contribution in [3.05, 3.63) is 0 Å². The summed E-state index contributed by atoms with van der Waals surface area (Å²) in [6.07, 6.45) is 7.33. The van der Waals surface area contributed by atoms with Crippen LogP contribution in [0.1, 0.15) is 44.9 Å². The second kappa shape index (κ2) is 5.17. The van der Waals surface area contributed by atoms with Crippen LogP contribution in [0.3, 0.4) is 0 Å². The average Bonchev–Trinajstić information content (AvgIpc) is 2.93. The Morgan fingerprint density at radius 1 is 1.11 bits per heavy atom. The zero-order valence-corrected chi connectivity index (χ0v) is 10.9. The van der Waals surface area contributed by atoms with Gasteiger partial charge in [-0.1, -0.05) is 19.3 Å². The van der Waals surface area contributed by atoms with Gasteiger partial charge in [0, 0.05) is 0 Å². The lowest BCUT2D eigenvalue weighted by Gasteiger charge is -2.30. The lowest BCUT2D eigenvalue weighted by Crippen LogP contribution is -2.52. The van der Waals surface area contributed by atoms with Crippen LogP contribution in [0.25, 0.3) is 0 Å². The number of nitrogens with one attached hydrogen (secondary N) is 2. The van der Waals surface area contributed by atoms with Gasteiger partial charge in [0.15, 0.2) is 0 Å². The van der Waals surface area contributed by atoms with Gasteiger partial charge in [-0.2, -0.15) is 0 Å². The lowest BCUT2D eigenvalue weighted by molar-refractivity contribution is -0.125. The zero-order chi connectivity index (χ0) is 12.5. The number of hydrogen-bond donors (Lipinski definition) is 3. The molecule has 0 aromatic rings. The third-order valence-electron chi connectivity index (χ3n) is 5.09. The normalized spacial score (nSPS) is 43.7.